The average molecular weight is 478 g/mol. The van der Waals surface area contributed by atoms with Crippen LogP contribution in [0.15, 0.2) is 71.3 Å². The van der Waals surface area contributed by atoms with Crippen molar-refractivity contribution in [3.05, 3.63) is 77.2 Å². The molecule has 31 heavy (non-hydrogen) atoms. The maximum absolute atomic E-state index is 13.6. The Bertz CT molecular complexity index is 1430. The first kappa shape index (κ1) is 19.5. The van der Waals surface area contributed by atoms with Crippen molar-refractivity contribution in [1.29, 1.82) is 0 Å². The van der Waals surface area contributed by atoms with Crippen LogP contribution in [0.2, 0.25) is 0 Å². The predicted molar refractivity (Wildman–Crippen MR) is 123 cm³/mol. The van der Waals surface area contributed by atoms with Crippen LogP contribution in [0.25, 0.3) is 38.8 Å². The van der Waals surface area contributed by atoms with Crippen molar-refractivity contribution in [1.82, 2.24) is 14.8 Å². The number of rotatable bonds is 4. The number of pyridine rings is 1. The molecule has 0 saturated heterocycles. The molecule has 0 fully saturated rings. The molecule has 0 bridgehead atoms. The zero-order chi connectivity index (χ0) is 21.5. The quantitative estimate of drug-likeness (QED) is 0.311. The Kier molecular flexibility index (Phi) is 4.82. The number of hydrogen-bond acceptors (Lipinski definition) is 4. The third-order valence-corrected chi connectivity index (χ3v) is 5.67. The SMILES string of the molecule is COc1cc2ncc3c(-c4cccc(Br)c4)nn(-c4ccc(F)cc4)c3c2cc1OC. The third kappa shape index (κ3) is 3.31. The van der Waals surface area contributed by atoms with E-state index in [1.165, 1.54) is 12.1 Å². The summed E-state index contributed by atoms with van der Waals surface area (Å²) in [5.74, 6) is 0.896. The van der Waals surface area contributed by atoms with Crippen molar-refractivity contribution in [2.45, 2.75) is 0 Å². The van der Waals surface area contributed by atoms with Gasteiger partial charge in [0, 0.05) is 33.1 Å². The summed E-state index contributed by atoms with van der Waals surface area (Å²) in [6.45, 7) is 0. The second-order valence-electron chi connectivity index (χ2n) is 6.99. The average Bonchev–Trinajstić information content (AvgIpc) is 3.18. The molecule has 0 aliphatic heterocycles. The molecule has 2 heterocycles. The second-order valence-corrected chi connectivity index (χ2v) is 7.91. The molecule has 0 unspecified atom stereocenters. The highest BCUT2D eigenvalue weighted by Crippen LogP contribution is 2.38. The lowest BCUT2D eigenvalue weighted by Gasteiger charge is -2.11. The highest BCUT2D eigenvalue weighted by molar-refractivity contribution is 9.10. The number of ether oxygens (including phenoxy) is 2. The van der Waals surface area contributed by atoms with Gasteiger partial charge in [0.25, 0.3) is 0 Å². The highest BCUT2D eigenvalue weighted by Gasteiger charge is 2.19. The summed E-state index contributed by atoms with van der Waals surface area (Å²) in [7, 11) is 3.19. The first-order valence-electron chi connectivity index (χ1n) is 9.54. The fourth-order valence-corrected chi connectivity index (χ4v) is 4.13. The van der Waals surface area contributed by atoms with E-state index in [1.807, 2.05) is 47.3 Å². The summed E-state index contributed by atoms with van der Waals surface area (Å²) in [5.41, 5.74) is 4.07. The van der Waals surface area contributed by atoms with E-state index in [0.717, 1.165) is 43.2 Å². The van der Waals surface area contributed by atoms with Gasteiger partial charge >= 0.3 is 0 Å². The van der Waals surface area contributed by atoms with Crippen molar-refractivity contribution >= 4 is 37.7 Å². The molecule has 0 saturated carbocycles. The van der Waals surface area contributed by atoms with Gasteiger partial charge < -0.3 is 9.47 Å². The van der Waals surface area contributed by atoms with Gasteiger partial charge in [-0.3, -0.25) is 4.98 Å². The topological polar surface area (TPSA) is 49.2 Å². The van der Waals surface area contributed by atoms with E-state index in [-0.39, 0.29) is 5.82 Å². The molecule has 5 aromatic rings. The van der Waals surface area contributed by atoms with Crippen LogP contribution < -0.4 is 9.47 Å². The van der Waals surface area contributed by atoms with Gasteiger partial charge in [0.15, 0.2) is 11.5 Å². The number of aromatic nitrogens is 3. The molecule has 5 nitrogen and oxygen atoms in total. The standard InChI is InChI=1S/C24H17BrFN3O2/c1-30-21-11-18-20(12-22(21)31-2)27-13-19-23(14-4-3-5-15(25)10-14)28-29(24(18)19)17-8-6-16(26)7-9-17/h3-13H,1-2H3. The summed E-state index contributed by atoms with van der Waals surface area (Å²) in [5, 5.41) is 6.64. The van der Waals surface area contributed by atoms with Crippen molar-refractivity contribution < 1.29 is 13.9 Å². The molecule has 5 rings (SSSR count). The molecule has 0 N–H and O–H groups in total. The van der Waals surface area contributed by atoms with Crippen molar-refractivity contribution in [2.24, 2.45) is 0 Å². The summed E-state index contributed by atoms with van der Waals surface area (Å²) in [6.07, 6.45) is 1.81. The Labute approximate surface area is 186 Å². The van der Waals surface area contributed by atoms with Gasteiger partial charge in [-0.25, -0.2) is 9.07 Å². The van der Waals surface area contributed by atoms with E-state index in [1.54, 1.807) is 26.4 Å². The fourth-order valence-electron chi connectivity index (χ4n) is 3.73. The van der Waals surface area contributed by atoms with Crippen LogP contribution >= 0.6 is 15.9 Å². The zero-order valence-electron chi connectivity index (χ0n) is 16.8. The minimum Gasteiger partial charge on any atom is -0.493 e. The highest BCUT2D eigenvalue weighted by atomic mass is 79.9. The summed E-state index contributed by atoms with van der Waals surface area (Å²) in [4.78, 5) is 4.66. The number of methoxy groups -OCH3 is 2. The monoisotopic (exact) mass is 477 g/mol. The molecular formula is C24H17BrFN3O2. The van der Waals surface area contributed by atoms with Crippen LogP contribution in [0.4, 0.5) is 4.39 Å². The lowest BCUT2D eigenvalue weighted by atomic mass is 10.1. The Morgan fingerprint density at radius 2 is 1.65 bits per heavy atom. The van der Waals surface area contributed by atoms with Crippen LogP contribution in [0.5, 0.6) is 11.5 Å². The molecule has 0 amide bonds. The van der Waals surface area contributed by atoms with E-state index in [9.17, 15) is 4.39 Å². The summed E-state index contributed by atoms with van der Waals surface area (Å²) >= 11 is 3.54. The normalized spacial score (nSPS) is 11.2. The van der Waals surface area contributed by atoms with Gasteiger partial charge in [-0.1, -0.05) is 28.1 Å². The van der Waals surface area contributed by atoms with Gasteiger partial charge in [-0.2, -0.15) is 5.10 Å². The van der Waals surface area contributed by atoms with Crippen LogP contribution in [0.3, 0.4) is 0 Å². The lowest BCUT2D eigenvalue weighted by molar-refractivity contribution is 0.356. The van der Waals surface area contributed by atoms with E-state index < -0.39 is 0 Å². The van der Waals surface area contributed by atoms with E-state index >= 15 is 0 Å². The molecule has 0 aliphatic rings. The molecule has 0 atom stereocenters. The van der Waals surface area contributed by atoms with Gasteiger partial charge in [-0.15, -0.1) is 0 Å². The smallest absolute Gasteiger partial charge is 0.162 e. The molecule has 0 aliphatic carbocycles. The Balaban J connectivity index is 1.90. The van der Waals surface area contributed by atoms with Crippen molar-refractivity contribution in [3.8, 4) is 28.4 Å². The lowest BCUT2D eigenvalue weighted by Crippen LogP contribution is -1.98. The summed E-state index contributed by atoms with van der Waals surface area (Å²) in [6, 6.07) is 17.9. The molecule has 154 valence electrons. The number of hydrogen-bond donors (Lipinski definition) is 0. The molecule has 0 spiro atoms. The minimum absolute atomic E-state index is 0.301. The van der Waals surface area contributed by atoms with E-state index in [4.69, 9.17) is 14.6 Å². The molecule has 0 radical (unpaired) electrons. The third-order valence-electron chi connectivity index (χ3n) is 5.18. The van der Waals surface area contributed by atoms with E-state index in [0.29, 0.717) is 11.5 Å². The number of fused-ring (bicyclic) bond motifs is 3. The first-order valence-corrected chi connectivity index (χ1v) is 10.3. The Morgan fingerprint density at radius 1 is 0.903 bits per heavy atom. The van der Waals surface area contributed by atoms with Gasteiger partial charge in [0.2, 0.25) is 0 Å². The van der Waals surface area contributed by atoms with Crippen molar-refractivity contribution in [3.63, 3.8) is 0 Å². The van der Waals surface area contributed by atoms with Crippen LogP contribution in [0, 0.1) is 5.82 Å². The second kappa shape index (κ2) is 7.67. The first-order chi connectivity index (χ1) is 15.1. The zero-order valence-corrected chi connectivity index (χ0v) is 18.4. The predicted octanol–water partition coefficient (Wildman–Crippen LogP) is 6.16. The maximum Gasteiger partial charge on any atom is 0.162 e. The molecular weight excluding hydrogens is 461 g/mol. The van der Waals surface area contributed by atoms with Crippen LogP contribution in [-0.4, -0.2) is 29.0 Å². The molecule has 2 aromatic heterocycles. The van der Waals surface area contributed by atoms with Gasteiger partial charge in [0.05, 0.1) is 30.9 Å². The maximum atomic E-state index is 13.6. The number of benzene rings is 3. The molecule has 3 aromatic carbocycles. The Hall–Kier alpha value is -3.45. The van der Waals surface area contributed by atoms with E-state index in [2.05, 4.69) is 20.9 Å². The van der Waals surface area contributed by atoms with Crippen LogP contribution in [0.1, 0.15) is 0 Å². The number of nitrogens with zero attached hydrogens (tertiary/aromatic N) is 3. The van der Waals surface area contributed by atoms with Gasteiger partial charge in [0.1, 0.15) is 11.5 Å². The fraction of sp³-hybridized carbons (Fsp3) is 0.0833. The minimum atomic E-state index is -0.301. The largest absolute Gasteiger partial charge is 0.493 e. The summed E-state index contributed by atoms with van der Waals surface area (Å²) < 4.78 is 27.3. The van der Waals surface area contributed by atoms with Crippen molar-refractivity contribution in [2.75, 3.05) is 14.2 Å². The Morgan fingerprint density at radius 3 is 2.35 bits per heavy atom. The van der Waals surface area contributed by atoms with Crippen LogP contribution in [-0.2, 0) is 0 Å². The number of halogens is 2. The van der Waals surface area contributed by atoms with Gasteiger partial charge in [-0.05, 0) is 42.5 Å². The molecule has 7 heteroatoms.